The molecule has 0 radical (unpaired) electrons. The molecule has 1 unspecified atom stereocenters. The molecule has 1 rings (SSSR count). The summed E-state index contributed by atoms with van der Waals surface area (Å²) in [5.74, 6) is -2.04. The van der Waals surface area contributed by atoms with Crippen molar-refractivity contribution in [3.05, 3.63) is 33.1 Å². The molecule has 102 valence electrons. The highest BCUT2D eigenvalue weighted by atomic mass is 35.5. The van der Waals surface area contributed by atoms with Crippen molar-refractivity contribution in [2.45, 2.75) is 13.0 Å². The number of carbonyl (C=O) groups is 2. The molecule has 0 saturated carbocycles. The monoisotopic (exact) mass is 287 g/mol. The van der Waals surface area contributed by atoms with Gasteiger partial charge in [0.15, 0.2) is 0 Å². The molecule has 0 aromatic carbocycles. The quantitative estimate of drug-likeness (QED) is 0.505. The minimum atomic E-state index is -1.22. The van der Waals surface area contributed by atoms with Gasteiger partial charge in [0.05, 0.1) is 4.92 Å². The number of nitro groups is 1. The number of rotatable bonds is 4. The summed E-state index contributed by atoms with van der Waals surface area (Å²) >= 11 is 5.59. The zero-order valence-corrected chi connectivity index (χ0v) is 10.8. The van der Waals surface area contributed by atoms with Crippen molar-refractivity contribution in [2.75, 3.05) is 7.05 Å². The van der Waals surface area contributed by atoms with Crippen LogP contribution in [0.5, 0.6) is 0 Å². The second-order valence-corrected chi connectivity index (χ2v) is 4.10. The lowest BCUT2D eigenvalue weighted by Gasteiger charge is -2.21. The minimum absolute atomic E-state index is 0.0923. The maximum atomic E-state index is 12.0. The summed E-state index contributed by atoms with van der Waals surface area (Å²) in [6.45, 7) is 1.29. The number of carbonyl (C=O) groups excluding carboxylic acids is 1. The molecule has 9 heteroatoms. The molecule has 0 aliphatic rings. The van der Waals surface area contributed by atoms with Gasteiger partial charge in [-0.1, -0.05) is 11.6 Å². The molecule has 8 nitrogen and oxygen atoms in total. The number of hydrogen-bond donors (Lipinski definition) is 1. The molecule has 0 bridgehead atoms. The third-order valence-electron chi connectivity index (χ3n) is 2.54. The largest absolute Gasteiger partial charge is 0.480 e. The Bertz CT molecular complexity index is 548. The predicted molar refractivity (Wildman–Crippen MR) is 65.1 cm³/mol. The molecule has 0 fully saturated rings. The van der Waals surface area contributed by atoms with E-state index in [0.29, 0.717) is 0 Å². The van der Waals surface area contributed by atoms with Gasteiger partial charge in [-0.05, 0) is 13.0 Å². The molecule has 0 aliphatic carbocycles. The second-order valence-electron chi connectivity index (χ2n) is 3.71. The van der Waals surface area contributed by atoms with Gasteiger partial charge in [0.2, 0.25) is 0 Å². The number of likely N-dealkylation sites (N-methyl/N-ethyl adjacent to an activating group) is 1. The molecule has 0 spiro atoms. The zero-order valence-electron chi connectivity index (χ0n) is 10.0. The Morgan fingerprint density at radius 3 is 2.63 bits per heavy atom. The lowest BCUT2D eigenvalue weighted by molar-refractivity contribution is -0.385. The van der Waals surface area contributed by atoms with E-state index in [-0.39, 0.29) is 10.7 Å². The number of aromatic nitrogens is 1. The molecule has 1 N–H and O–H groups in total. The van der Waals surface area contributed by atoms with E-state index < -0.39 is 28.5 Å². The van der Waals surface area contributed by atoms with Crippen molar-refractivity contribution in [1.82, 2.24) is 9.88 Å². The van der Waals surface area contributed by atoms with Gasteiger partial charge in [-0.25, -0.2) is 9.78 Å². The highest BCUT2D eigenvalue weighted by Crippen LogP contribution is 2.22. The van der Waals surface area contributed by atoms with Gasteiger partial charge in [-0.2, -0.15) is 0 Å². The number of amides is 1. The first-order chi connectivity index (χ1) is 8.75. The van der Waals surface area contributed by atoms with Crippen LogP contribution in [-0.4, -0.2) is 44.9 Å². The van der Waals surface area contributed by atoms with Crippen molar-refractivity contribution in [3.8, 4) is 0 Å². The van der Waals surface area contributed by atoms with Crippen LogP contribution in [0.2, 0.25) is 5.15 Å². The molecular weight excluding hydrogens is 278 g/mol. The normalized spacial score (nSPS) is 11.7. The van der Waals surface area contributed by atoms with Crippen LogP contribution in [0, 0.1) is 10.1 Å². The topological polar surface area (TPSA) is 114 Å². The van der Waals surface area contributed by atoms with E-state index in [0.717, 1.165) is 17.2 Å². The summed E-state index contributed by atoms with van der Waals surface area (Å²) in [4.78, 5) is 37.2. The summed E-state index contributed by atoms with van der Waals surface area (Å²) in [7, 11) is 1.24. The van der Waals surface area contributed by atoms with E-state index in [1.165, 1.54) is 14.0 Å². The number of pyridine rings is 1. The third-order valence-corrected chi connectivity index (χ3v) is 2.74. The van der Waals surface area contributed by atoms with Gasteiger partial charge in [0.25, 0.3) is 11.6 Å². The smallest absolute Gasteiger partial charge is 0.326 e. The Morgan fingerprint density at radius 2 is 2.16 bits per heavy atom. The fraction of sp³-hybridized carbons (Fsp3) is 0.300. The highest BCUT2D eigenvalue weighted by Gasteiger charge is 2.28. The first-order valence-corrected chi connectivity index (χ1v) is 5.43. The number of halogens is 1. The molecule has 1 amide bonds. The van der Waals surface area contributed by atoms with Crippen molar-refractivity contribution in [2.24, 2.45) is 0 Å². The second kappa shape index (κ2) is 5.61. The first kappa shape index (κ1) is 14.8. The van der Waals surface area contributed by atoms with Crippen LogP contribution in [0.4, 0.5) is 5.69 Å². The van der Waals surface area contributed by atoms with Gasteiger partial charge in [0, 0.05) is 7.05 Å². The van der Waals surface area contributed by atoms with E-state index in [1.807, 2.05) is 0 Å². The number of aliphatic carboxylic acids is 1. The highest BCUT2D eigenvalue weighted by molar-refractivity contribution is 6.29. The van der Waals surface area contributed by atoms with Crippen molar-refractivity contribution in [1.29, 1.82) is 0 Å². The standard InChI is InChI=1S/C10H10ClN3O5/c1-5(10(16)17)13(2)9(15)6-3-8(11)12-4-7(6)14(18)19/h3-5H,1-2H3,(H,16,17). The maximum Gasteiger partial charge on any atom is 0.326 e. The van der Waals surface area contributed by atoms with E-state index in [2.05, 4.69) is 4.98 Å². The lowest BCUT2D eigenvalue weighted by atomic mass is 10.2. The average Bonchev–Trinajstić information content (AvgIpc) is 2.35. The van der Waals surface area contributed by atoms with E-state index >= 15 is 0 Å². The number of carboxylic acids is 1. The van der Waals surface area contributed by atoms with Crippen molar-refractivity contribution >= 4 is 29.2 Å². The molecule has 1 aromatic heterocycles. The van der Waals surface area contributed by atoms with Crippen LogP contribution in [0.15, 0.2) is 12.3 Å². The molecule has 1 atom stereocenters. The SMILES string of the molecule is CC(C(=O)O)N(C)C(=O)c1cc(Cl)ncc1[N+](=O)[O-]. The van der Waals surface area contributed by atoms with Gasteiger partial charge < -0.3 is 10.0 Å². The molecular formula is C10H10ClN3O5. The van der Waals surface area contributed by atoms with Crippen LogP contribution in [-0.2, 0) is 4.79 Å². The summed E-state index contributed by atoms with van der Waals surface area (Å²) < 4.78 is 0. The number of carboxylic acid groups (broad SMARTS) is 1. The van der Waals surface area contributed by atoms with Crippen LogP contribution < -0.4 is 0 Å². The predicted octanol–water partition coefficient (Wildman–Crippen LogP) is 1.19. The van der Waals surface area contributed by atoms with Gasteiger partial charge in [-0.15, -0.1) is 0 Å². The van der Waals surface area contributed by atoms with Crippen LogP contribution in [0.1, 0.15) is 17.3 Å². The average molecular weight is 288 g/mol. The number of nitrogens with zero attached hydrogens (tertiary/aromatic N) is 3. The fourth-order valence-corrected chi connectivity index (χ4v) is 1.43. The van der Waals surface area contributed by atoms with Crippen LogP contribution >= 0.6 is 11.6 Å². The molecule has 0 saturated heterocycles. The van der Waals surface area contributed by atoms with Crippen LogP contribution in [0.25, 0.3) is 0 Å². The Kier molecular flexibility index (Phi) is 4.38. The minimum Gasteiger partial charge on any atom is -0.480 e. The molecule has 1 heterocycles. The lowest BCUT2D eigenvalue weighted by Crippen LogP contribution is -2.40. The van der Waals surface area contributed by atoms with Gasteiger partial charge in [-0.3, -0.25) is 14.9 Å². The van der Waals surface area contributed by atoms with Gasteiger partial charge in [0.1, 0.15) is 23.0 Å². The van der Waals surface area contributed by atoms with Crippen molar-refractivity contribution < 1.29 is 19.6 Å². The Balaban J connectivity index is 3.22. The Hall–Kier alpha value is -2.22. The fourth-order valence-electron chi connectivity index (χ4n) is 1.27. The Labute approximate surface area is 112 Å². The molecule has 19 heavy (non-hydrogen) atoms. The molecule has 1 aromatic rings. The van der Waals surface area contributed by atoms with Crippen LogP contribution in [0.3, 0.4) is 0 Å². The summed E-state index contributed by atoms with van der Waals surface area (Å²) in [6, 6.07) is -0.0911. The van der Waals surface area contributed by atoms with Crippen molar-refractivity contribution in [3.63, 3.8) is 0 Å². The van der Waals surface area contributed by atoms with E-state index in [1.54, 1.807) is 0 Å². The number of hydrogen-bond acceptors (Lipinski definition) is 5. The summed E-state index contributed by atoms with van der Waals surface area (Å²) in [6.07, 6.45) is 0.856. The van der Waals surface area contributed by atoms with Gasteiger partial charge >= 0.3 is 5.97 Å². The van der Waals surface area contributed by atoms with E-state index in [9.17, 15) is 19.7 Å². The molecule has 0 aliphatic heterocycles. The summed E-state index contributed by atoms with van der Waals surface area (Å²) in [5.41, 5.74) is -0.834. The summed E-state index contributed by atoms with van der Waals surface area (Å²) in [5, 5.41) is 19.5. The third kappa shape index (κ3) is 3.16. The first-order valence-electron chi connectivity index (χ1n) is 5.05. The maximum absolute atomic E-state index is 12.0. The van der Waals surface area contributed by atoms with E-state index in [4.69, 9.17) is 16.7 Å². The zero-order chi connectivity index (χ0) is 14.7. The Morgan fingerprint density at radius 1 is 1.58 bits per heavy atom.